The molecule has 0 saturated carbocycles. The zero-order valence-electron chi connectivity index (χ0n) is 9.95. The average molecular weight is 342 g/mol. The number of amides is 1. The van der Waals surface area contributed by atoms with Crippen LogP contribution in [0.5, 0.6) is 5.75 Å². The molecule has 4 nitrogen and oxygen atoms in total. The number of carbonyl (C=O) groups excluding carboxylic acids is 1. The van der Waals surface area contributed by atoms with Crippen molar-refractivity contribution >= 4 is 39.1 Å². The van der Waals surface area contributed by atoms with Crippen LogP contribution >= 0.6 is 27.5 Å². The molecule has 0 aliphatic carbocycles. The number of aromatic hydroxyl groups is 1. The summed E-state index contributed by atoms with van der Waals surface area (Å²) in [6.45, 7) is 1.73. The molecule has 98 valence electrons. The van der Waals surface area contributed by atoms with Gasteiger partial charge in [-0.3, -0.25) is 4.79 Å². The van der Waals surface area contributed by atoms with Crippen molar-refractivity contribution in [3.05, 3.63) is 51.2 Å². The summed E-state index contributed by atoms with van der Waals surface area (Å²) in [4.78, 5) is 15.9. The molecule has 19 heavy (non-hydrogen) atoms. The lowest BCUT2D eigenvalue weighted by Gasteiger charge is -2.08. The van der Waals surface area contributed by atoms with E-state index in [-0.39, 0.29) is 11.3 Å². The van der Waals surface area contributed by atoms with E-state index in [2.05, 4.69) is 26.2 Å². The Hall–Kier alpha value is -1.59. The molecule has 0 spiro atoms. The van der Waals surface area contributed by atoms with Crippen molar-refractivity contribution in [1.82, 2.24) is 4.98 Å². The van der Waals surface area contributed by atoms with E-state index >= 15 is 0 Å². The highest BCUT2D eigenvalue weighted by Crippen LogP contribution is 2.25. The Labute approximate surface area is 123 Å². The minimum atomic E-state index is -0.405. The summed E-state index contributed by atoms with van der Waals surface area (Å²) in [5, 5.41) is 12.8. The number of aryl methyl sites for hydroxylation is 1. The van der Waals surface area contributed by atoms with Crippen molar-refractivity contribution in [1.29, 1.82) is 0 Å². The van der Waals surface area contributed by atoms with Gasteiger partial charge in [-0.15, -0.1) is 0 Å². The van der Waals surface area contributed by atoms with E-state index in [0.717, 1.165) is 0 Å². The van der Waals surface area contributed by atoms with Gasteiger partial charge in [0.2, 0.25) is 0 Å². The molecule has 0 aliphatic rings. The first kappa shape index (κ1) is 13.8. The third-order valence-electron chi connectivity index (χ3n) is 2.54. The Morgan fingerprint density at radius 2 is 2.21 bits per heavy atom. The number of carbonyl (C=O) groups is 1. The van der Waals surface area contributed by atoms with Crippen LogP contribution in [0.2, 0.25) is 5.15 Å². The van der Waals surface area contributed by atoms with Crippen LogP contribution in [0.1, 0.15) is 15.9 Å². The molecular weight excluding hydrogens is 332 g/mol. The molecular formula is C13H10BrClN2O2. The van der Waals surface area contributed by atoms with Gasteiger partial charge < -0.3 is 10.4 Å². The molecule has 2 aromatic rings. The minimum Gasteiger partial charge on any atom is -0.507 e. The molecule has 0 saturated heterocycles. The van der Waals surface area contributed by atoms with Crippen LogP contribution < -0.4 is 5.32 Å². The topological polar surface area (TPSA) is 62.2 Å². The smallest absolute Gasteiger partial charge is 0.259 e. The molecule has 1 aromatic carbocycles. The van der Waals surface area contributed by atoms with Crippen molar-refractivity contribution in [2.75, 3.05) is 5.32 Å². The fourth-order valence-corrected chi connectivity index (χ4v) is 1.98. The Balaban J connectivity index is 2.26. The number of para-hydroxylation sites is 1. The van der Waals surface area contributed by atoms with Gasteiger partial charge in [-0.2, -0.15) is 0 Å². The summed E-state index contributed by atoms with van der Waals surface area (Å²) in [5.74, 6) is -0.432. The zero-order valence-corrected chi connectivity index (χ0v) is 12.3. The number of aromatic nitrogens is 1. The van der Waals surface area contributed by atoms with E-state index in [1.807, 2.05) is 0 Å². The second-order valence-electron chi connectivity index (χ2n) is 3.92. The van der Waals surface area contributed by atoms with Gasteiger partial charge in [-0.05, 0) is 40.5 Å². The van der Waals surface area contributed by atoms with E-state index < -0.39 is 5.91 Å². The van der Waals surface area contributed by atoms with E-state index in [4.69, 9.17) is 11.6 Å². The van der Waals surface area contributed by atoms with Gasteiger partial charge in [0.25, 0.3) is 5.91 Å². The first-order valence-electron chi connectivity index (χ1n) is 5.40. The molecule has 2 rings (SSSR count). The largest absolute Gasteiger partial charge is 0.507 e. The highest BCUT2D eigenvalue weighted by Gasteiger charge is 2.13. The molecule has 0 aliphatic heterocycles. The number of rotatable bonds is 2. The van der Waals surface area contributed by atoms with Gasteiger partial charge in [0.1, 0.15) is 10.9 Å². The van der Waals surface area contributed by atoms with Crippen molar-refractivity contribution in [3.8, 4) is 5.75 Å². The molecule has 2 N–H and O–H groups in total. The molecule has 1 aromatic heterocycles. The van der Waals surface area contributed by atoms with E-state index in [1.54, 1.807) is 31.2 Å². The molecule has 0 bridgehead atoms. The molecule has 0 unspecified atom stereocenters. The SMILES string of the molecule is Cc1cccc(C(=O)Nc2cnc(Cl)c(Br)c2)c1O. The maximum atomic E-state index is 12.0. The Morgan fingerprint density at radius 1 is 1.47 bits per heavy atom. The second kappa shape index (κ2) is 5.59. The van der Waals surface area contributed by atoms with E-state index in [0.29, 0.717) is 20.9 Å². The lowest BCUT2D eigenvalue weighted by atomic mass is 10.1. The predicted octanol–water partition coefficient (Wildman–Crippen LogP) is 3.76. The van der Waals surface area contributed by atoms with Crippen molar-refractivity contribution in [2.24, 2.45) is 0 Å². The van der Waals surface area contributed by atoms with E-state index in [1.165, 1.54) is 6.20 Å². The molecule has 1 amide bonds. The predicted molar refractivity (Wildman–Crippen MR) is 77.7 cm³/mol. The summed E-state index contributed by atoms with van der Waals surface area (Å²) in [5.41, 5.74) is 1.34. The highest BCUT2D eigenvalue weighted by molar-refractivity contribution is 9.10. The maximum Gasteiger partial charge on any atom is 0.259 e. The minimum absolute atomic E-state index is 0.0269. The van der Waals surface area contributed by atoms with Crippen LogP contribution in [0, 0.1) is 6.92 Å². The van der Waals surface area contributed by atoms with Gasteiger partial charge in [0, 0.05) is 0 Å². The molecule has 1 heterocycles. The van der Waals surface area contributed by atoms with Gasteiger partial charge in [-0.25, -0.2) is 4.98 Å². The number of nitrogens with one attached hydrogen (secondary N) is 1. The van der Waals surface area contributed by atoms with Crippen LogP contribution in [0.3, 0.4) is 0 Å². The van der Waals surface area contributed by atoms with Gasteiger partial charge in [0.05, 0.1) is 21.9 Å². The summed E-state index contributed by atoms with van der Waals surface area (Å²) < 4.78 is 0.584. The third-order valence-corrected chi connectivity index (χ3v) is 3.67. The van der Waals surface area contributed by atoms with Gasteiger partial charge >= 0.3 is 0 Å². The highest BCUT2D eigenvalue weighted by atomic mass is 79.9. The Bertz CT molecular complexity index is 647. The summed E-state index contributed by atoms with van der Waals surface area (Å²) in [6, 6.07) is 6.63. The van der Waals surface area contributed by atoms with Crippen LogP contribution in [0.25, 0.3) is 0 Å². The number of benzene rings is 1. The monoisotopic (exact) mass is 340 g/mol. The number of phenolic OH excluding ortho intramolecular Hbond substituents is 1. The van der Waals surface area contributed by atoms with E-state index in [9.17, 15) is 9.90 Å². The first-order chi connectivity index (χ1) is 8.99. The number of pyridine rings is 1. The fourth-order valence-electron chi connectivity index (χ4n) is 1.53. The summed E-state index contributed by atoms with van der Waals surface area (Å²) in [6.07, 6.45) is 1.44. The zero-order chi connectivity index (χ0) is 14.0. The number of phenols is 1. The third kappa shape index (κ3) is 3.05. The average Bonchev–Trinajstić information content (AvgIpc) is 2.37. The van der Waals surface area contributed by atoms with Gasteiger partial charge in [-0.1, -0.05) is 23.7 Å². The molecule has 6 heteroatoms. The lowest BCUT2D eigenvalue weighted by molar-refractivity contribution is 0.102. The molecule has 0 fully saturated rings. The molecule has 0 radical (unpaired) electrons. The Morgan fingerprint density at radius 3 is 2.89 bits per heavy atom. The standard InChI is InChI=1S/C13H10BrClN2O2/c1-7-3-2-4-9(11(7)18)13(19)17-8-5-10(14)12(15)16-6-8/h2-6,18H,1H3,(H,17,19). The van der Waals surface area contributed by atoms with Gasteiger partial charge in [0.15, 0.2) is 0 Å². The molecule has 0 atom stereocenters. The second-order valence-corrected chi connectivity index (χ2v) is 5.13. The first-order valence-corrected chi connectivity index (χ1v) is 6.57. The number of nitrogens with zero attached hydrogens (tertiary/aromatic N) is 1. The summed E-state index contributed by atoms with van der Waals surface area (Å²) >= 11 is 8.99. The number of anilines is 1. The van der Waals surface area contributed by atoms with Crippen molar-refractivity contribution in [3.63, 3.8) is 0 Å². The quantitative estimate of drug-likeness (QED) is 0.818. The van der Waals surface area contributed by atoms with Crippen LogP contribution in [0.15, 0.2) is 34.9 Å². The van der Waals surface area contributed by atoms with Crippen molar-refractivity contribution in [2.45, 2.75) is 6.92 Å². The summed E-state index contributed by atoms with van der Waals surface area (Å²) in [7, 11) is 0. The van der Waals surface area contributed by atoms with Crippen molar-refractivity contribution < 1.29 is 9.90 Å². The fraction of sp³-hybridized carbons (Fsp3) is 0.0769. The number of halogens is 2. The Kier molecular flexibility index (Phi) is 4.07. The number of hydrogen-bond acceptors (Lipinski definition) is 3. The lowest BCUT2D eigenvalue weighted by Crippen LogP contribution is -2.12. The normalized spacial score (nSPS) is 10.3. The van der Waals surface area contributed by atoms with Crippen LogP contribution in [-0.4, -0.2) is 16.0 Å². The number of hydrogen-bond donors (Lipinski definition) is 2. The van der Waals surface area contributed by atoms with Crippen LogP contribution in [-0.2, 0) is 0 Å². The maximum absolute atomic E-state index is 12.0. The van der Waals surface area contributed by atoms with Crippen LogP contribution in [0.4, 0.5) is 5.69 Å².